The second-order valence-electron chi connectivity index (χ2n) is 5.67. The molecule has 1 aliphatic heterocycles. The fourth-order valence-corrected chi connectivity index (χ4v) is 3.92. The molecule has 6 nitrogen and oxygen atoms in total. The average molecular weight is 529 g/mol. The minimum Gasteiger partial charge on any atom is -0.493 e. The summed E-state index contributed by atoms with van der Waals surface area (Å²) in [6.07, 6.45) is 1.49. The number of halogens is 2. The van der Waals surface area contributed by atoms with E-state index in [1.807, 2.05) is 0 Å². The van der Waals surface area contributed by atoms with Gasteiger partial charge < -0.3 is 9.47 Å². The number of amides is 2. The number of rotatable bonds is 4. The summed E-state index contributed by atoms with van der Waals surface area (Å²) in [5, 5.41) is 3.08. The summed E-state index contributed by atoms with van der Waals surface area (Å²) in [6, 6.07) is 10.1. The van der Waals surface area contributed by atoms with E-state index in [0.717, 1.165) is 3.57 Å². The molecule has 28 heavy (non-hydrogen) atoms. The molecular formula is C19H14ClIN2O4S. The number of benzene rings is 2. The highest BCUT2D eigenvalue weighted by molar-refractivity contribution is 14.1. The molecule has 0 spiro atoms. The first-order valence-corrected chi connectivity index (χ1v) is 9.80. The van der Waals surface area contributed by atoms with E-state index in [0.29, 0.717) is 27.8 Å². The lowest BCUT2D eigenvalue weighted by Crippen LogP contribution is -2.54. The van der Waals surface area contributed by atoms with Gasteiger partial charge in [0.15, 0.2) is 16.6 Å². The first-order chi connectivity index (χ1) is 13.3. The molecule has 0 aromatic heterocycles. The molecule has 1 fully saturated rings. The number of anilines is 1. The van der Waals surface area contributed by atoms with Gasteiger partial charge in [-0.3, -0.25) is 19.8 Å². The Bertz CT molecular complexity index is 1010. The highest BCUT2D eigenvalue weighted by atomic mass is 127. The lowest BCUT2D eigenvalue weighted by Gasteiger charge is -2.29. The summed E-state index contributed by atoms with van der Waals surface area (Å²) < 4.78 is 11.4. The van der Waals surface area contributed by atoms with Crippen molar-refractivity contribution < 1.29 is 19.1 Å². The van der Waals surface area contributed by atoms with Gasteiger partial charge in [-0.15, -0.1) is 0 Å². The van der Waals surface area contributed by atoms with Crippen molar-refractivity contribution in [2.45, 2.75) is 0 Å². The summed E-state index contributed by atoms with van der Waals surface area (Å²) in [5.74, 6) is -0.0190. The maximum absolute atomic E-state index is 13.0. The van der Waals surface area contributed by atoms with Crippen molar-refractivity contribution >= 4 is 75.1 Å². The minimum absolute atomic E-state index is 0.0105. The SMILES string of the molecule is COc1cc(C=C2C(=O)NC(=S)N(c3ccc(Cl)cc3)C2=O)cc(I)c1OC. The van der Waals surface area contributed by atoms with Crippen LogP contribution in [-0.2, 0) is 9.59 Å². The fraction of sp³-hybridized carbons (Fsp3) is 0.105. The van der Waals surface area contributed by atoms with Crippen LogP contribution in [-0.4, -0.2) is 31.1 Å². The number of thiocarbonyl (C=S) groups is 1. The predicted molar refractivity (Wildman–Crippen MR) is 120 cm³/mol. The first-order valence-electron chi connectivity index (χ1n) is 7.94. The molecule has 0 saturated carbocycles. The largest absolute Gasteiger partial charge is 0.493 e. The van der Waals surface area contributed by atoms with E-state index in [1.165, 1.54) is 18.1 Å². The third-order valence-corrected chi connectivity index (χ3v) is 5.29. The summed E-state index contributed by atoms with van der Waals surface area (Å²) in [4.78, 5) is 26.7. The van der Waals surface area contributed by atoms with Crippen molar-refractivity contribution in [1.29, 1.82) is 0 Å². The zero-order valence-electron chi connectivity index (χ0n) is 14.8. The zero-order chi connectivity index (χ0) is 20.4. The molecule has 0 bridgehead atoms. The second-order valence-corrected chi connectivity index (χ2v) is 7.66. The highest BCUT2D eigenvalue weighted by Gasteiger charge is 2.34. The summed E-state index contributed by atoms with van der Waals surface area (Å²) >= 11 is 13.2. The Morgan fingerprint density at radius 1 is 1.14 bits per heavy atom. The van der Waals surface area contributed by atoms with Gasteiger partial charge in [0.2, 0.25) is 0 Å². The third kappa shape index (κ3) is 3.98. The van der Waals surface area contributed by atoms with Crippen LogP contribution in [0.1, 0.15) is 5.56 Å². The van der Waals surface area contributed by atoms with Crippen LogP contribution in [0.25, 0.3) is 6.08 Å². The van der Waals surface area contributed by atoms with Crippen LogP contribution in [0.5, 0.6) is 11.5 Å². The first kappa shape index (κ1) is 20.6. The maximum Gasteiger partial charge on any atom is 0.270 e. The molecule has 0 atom stereocenters. The van der Waals surface area contributed by atoms with Gasteiger partial charge in [0.25, 0.3) is 11.8 Å². The molecule has 3 rings (SSSR count). The number of ether oxygens (including phenoxy) is 2. The van der Waals surface area contributed by atoms with Gasteiger partial charge in [0, 0.05) is 5.02 Å². The Labute approximate surface area is 185 Å². The van der Waals surface area contributed by atoms with Gasteiger partial charge in [0.05, 0.1) is 23.5 Å². The van der Waals surface area contributed by atoms with Gasteiger partial charge in [-0.25, -0.2) is 0 Å². The predicted octanol–water partition coefficient (Wildman–Crippen LogP) is 3.79. The molecule has 0 radical (unpaired) electrons. The molecular weight excluding hydrogens is 515 g/mol. The lowest BCUT2D eigenvalue weighted by atomic mass is 10.1. The Morgan fingerprint density at radius 2 is 1.82 bits per heavy atom. The minimum atomic E-state index is -0.565. The molecule has 9 heteroatoms. The zero-order valence-corrected chi connectivity index (χ0v) is 18.5. The van der Waals surface area contributed by atoms with E-state index in [2.05, 4.69) is 27.9 Å². The van der Waals surface area contributed by atoms with E-state index in [9.17, 15) is 9.59 Å². The van der Waals surface area contributed by atoms with Gasteiger partial charge in [-0.05, 0) is 82.8 Å². The molecule has 2 aromatic rings. The molecule has 2 amide bonds. The number of methoxy groups -OCH3 is 2. The van der Waals surface area contributed by atoms with Gasteiger partial charge in [-0.2, -0.15) is 0 Å². The Balaban J connectivity index is 2.04. The third-order valence-electron chi connectivity index (χ3n) is 3.95. The Morgan fingerprint density at radius 3 is 2.43 bits per heavy atom. The maximum atomic E-state index is 13.0. The van der Waals surface area contributed by atoms with E-state index < -0.39 is 11.8 Å². The van der Waals surface area contributed by atoms with Crippen LogP contribution < -0.4 is 19.7 Å². The molecule has 1 aliphatic rings. The smallest absolute Gasteiger partial charge is 0.270 e. The number of nitrogens with one attached hydrogen (secondary N) is 1. The summed E-state index contributed by atoms with van der Waals surface area (Å²) in [6.45, 7) is 0. The number of carbonyl (C=O) groups is 2. The van der Waals surface area contributed by atoms with Crippen LogP contribution in [0, 0.1) is 3.57 Å². The lowest BCUT2D eigenvalue weighted by molar-refractivity contribution is -0.122. The van der Waals surface area contributed by atoms with Crippen molar-refractivity contribution in [3.8, 4) is 11.5 Å². The van der Waals surface area contributed by atoms with Gasteiger partial charge in [-0.1, -0.05) is 11.6 Å². The molecule has 0 unspecified atom stereocenters. The van der Waals surface area contributed by atoms with Crippen LogP contribution in [0.15, 0.2) is 42.0 Å². The molecule has 0 aliphatic carbocycles. The fourth-order valence-electron chi connectivity index (χ4n) is 2.67. The van der Waals surface area contributed by atoms with Crippen molar-refractivity contribution in [2.24, 2.45) is 0 Å². The summed E-state index contributed by atoms with van der Waals surface area (Å²) in [7, 11) is 3.06. The number of hydrogen-bond acceptors (Lipinski definition) is 5. The van der Waals surface area contributed by atoms with E-state index >= 15 is 0 Å². The van der Waals surface area contributed by atoms with Crippen molar-refractivity contribution in [3.63, 3.8) is 0 Å². The number of hydrogen-bond donors (Lipinski definition) is 1. The second kappa shape index (κ2) is 8.46. The van der Waals surface area contributed by atoms with Crippen LogP contribution >= 0.6 is 46.4 Å². The molecule has 2 aromatic carbocycles. The van der Waals surface area contributed by atoms with E-state index in [4.69, 9.17) is 33.3 Å². The normalized spacial score (nSPS) is 15.6. The van der Waals surface area contributed by atoms with Crippen LogP contribution in [0.3, 0.4) is 0 Å². The van der Waals surface area contributed by atoms with Crippen LogP contribution in [0.4, 0.5) is 5.69 Å². The molecule has 1 N–H and O–H groups in total. The molecule has 1 heterocycles. The van der Waals surface area contributed by atoms with Gasteiger partial charge >= 0.3 is 0 Å². The van der Waals surface area contributed by atoms with E-state index in [-0.39, 0.29) is 10.7 Å². The van der Waals surface area contributed by atoms with E-state index in [1.54, 1.807) is 43.5 Å². The van der Waals surface area contributed by atoms with Gasteiger partial charge in [0.1, 0.15) is 5.57 Å². The Kier molecular flexibility index (Phi) is 6.21. The topological polar surface area (TPSA) is 67.9 Å². The molecule has 144 valence electrons. The highest BCUT2D eigenvalue weighted by Crippen LogP contribution is 2.34. The van der Waals surface area contributed by atoms with Crippen LogP contribution in [0.2, 0.25) is 5.02 Å². The Hall–Kier alpha value is -2.17. The number of carbonyl (C=O) groups excluding carboxylic acids is 2. The average Bonchev–Trinajstić information content (AvgIpc) is 2.66. The molecule has 1 saturated heterocycles. The number of nitrogens with zero attached hydrogens (tertiary/aromatic N) is 1. The van der Waals surface area contributed by atoms with Crippen molar-refractivity contribution in [3.05, 3.63) is 56.1 Å². The summed E-state index contributed by atoms with van der Waals surface area (Å²) in [5.41, 5.74) is 1.07. The van der Waals surface area contributed by atoms with Crippen molar-refractivity contribution in [2.75, 3.05) is 19.1 Å². The standard InChI is InChI=1S/C19H14ClIN2O4S/c1-26-15-9-10(8-14(21)16(15)27-2)7-13-17(24)22-19(28)23(18(13)25)12-5-3-11(20)4-6-12/h3-9H,1-2H3,(H,22,24,28). The van der Waals surface area contributed by atoms with Crippen molar-refractivity contribution in [1.82, 2.24) is 5.32 Å². The monoisotopic (exact) mass is 528 g/mol. The quantitative estimate of drug-likeness (QED) is 0.283.